The van der Waals surface area contributed by atoms with Crippen LogP contribution in [0, 0.1) is 0 Å². The largest absolute Gasteiger partial charge is 0.310 e. The molecule has 0 spiro atoms. The van der Waals surface area contributed by atoms with Gasteiger partial charge in [-0.1, -0.05) is 78.1 Å². The van der Waals surface area contributed by atoms with Gasteiger partial charge in [0.2, 0.25) is 0 Å². The van der Waals surface area contributed by atoms with Gasteiger partial charge < -0.3 is 9.13 Å². The van der Waals surface area contributed by atoms with E-state index in [0.717, 1.165) is 0 Å². The summed E-state index contributed by atoms with van der Waals surface area (Å²) in [5.41, 5.74) is 12.2. The van der Waals surface area contributed by atoms with Crippen LogP contribution in [0.5, 0.6) is 0 Å². The highest BCUT2D eigenvalue weighted by molar-refractivity contribution is 8.01. The molecule has 0 saturated heterocycles. The smallest absolute Gasteiger partial charge is 0.252 e. The fraction of sp³-hybridized carbons (Fsp3) is 0. The number of rotatable bonds is 1. The molecule has 3 aliphatic rings. The lowest BCUT2D eigenvalue weighted by Crippen LogP contribution is -2.61. The highest BCUT2D eigenvalue weighted by Crippen LogP contribution is 2.47. The molecule has 8 aromatic rings. The maximum atomic E-state index is 2.59. The molecule has 0 aliphatic carbocycles. The number of hydrogen-bond acceptors (Lipinski definition) is 2. The Labute approximate surface area is 244 Å². The molecule has 0 saturated carbocycles. The SMILES string of the molecule is c1ccc(-n2c3ccccc3c3c4c5ccc6c7c5n(c4ccc32)-c2cccc3c2B7c2c(cccc2S6)S3)cc1. The van der Waals surface area contributed by atoms with E-state index in [1.165, 1.54) is 91.0 Å². The summed E-state index contributed by atoms with van der Waals surface area (Å²) in [5, 5.41) is 5.37. The van der Waals surface area contributed by atoms with E-state index in [9.17, 15) is 0 Å². The highest BCUT2D eigenvalue weighted by atomic mass is 32.2. The van der Waals surface area contributed by atoms with Crippen molar-refractivity contribution in [3.05, 3.63) is 115 Å². The van der Waals surface area contributed by atoms with Gasteiger partial charge in [-0.05, 0) is 77.1 Å². The van der Waals surface area contributed by atoms with Crippen molar-refractivity contribution < 1.29 is 0 Å². The number of fused-ring (bicyclic) bond motifs is 8. The van der Waals surface area contributed by atoms with Crippen LogP contribution in [-0.4, -0.2) is 15.8 Å². The summed E-state index contributed by atoms with van der Waals surface area (Å²) in [6.45, 7) is 0.284. The molecule has 0 radical (unpaired) electrons. The van der Waals surface area contributed by atoms with Crippen LogP contribution >= 0.6 is 23.5 Å². The fourth-order valence-corrected chi connectivity index (χ4v) is 10.3. The predicted octanol–water partition coefficient (Wildman–Crippen LogP) is 7.64. The van der Waals surface area contributed by atoms with E-state index in [2.05, 4.69) is 124 Å². The van der Waals surface area contributed by atoms with Gasteiger partial charge in [0, 0.05) is 52.5 Å². The monoisotopic (exact) mass is 554 g/mol. The normalized spacial score (nSPS) is 14.1. The van der Waals surface area contributed by atoms with E-state index in [-0.39, 0.29) is 6.71 Å². The summed E-state index contributed by atoms with van der Waals surface area (Å²) in [5.74, 6) is 0. The number of nitrogens with zero attached hydrogens (tertiary/aromatic N) is 2. The van der Waals surface area contributed by atoms with Crippen LogP contribution in [0.2, 0.25) is 0 Å². The minimum Gasteiger partial charge on any atom is -0.310 e. The zero-order valence-electron chi connectivity index (χ0n) is 21.8. The van der Waals surface area contributed by atoms with Crippen LogP contribution < -0.4 is 16.4 Å². The van der Waals surface area contributed by atoms with E-state index in [4.69, 9.17) is 0 Å². The summed E-state index contributed by atoms with van der Waals surface area (Å²) in [6.07, 6.45) is 0. The molecule has 2 nitrogen and oxygen atoms in total. The van der Waals surface area contributed by atoms with Gasteiger partial charge in [-0.2, -0.15) is 0 Å². The van der Waals surface area contributed by atoms with Gasteiger partial charge in [0.05, 0.1) is 22.1 Å². The summed E-state index contributed by atoms with van der Waals surface area (Å²) in [4.78, 5) is 5.60. The van der Waals surface area contributed by atoms with Crippen LogP contribution in [0.4, 0.5) is 0 Å². The maximum absolute atomic E-state index is 2.59. The zero-order valence-corrected chi connectivity index (χ0v) is 23.4. The van der Waals surface area contributed by atoms with Crippen molar-refractivity contribution in [3.63, 3.8) is 0 Å². The molecule has 0 N–H and O–H groups in total. The lowest BCUT2D eigenvalue weighted by atomic mass is 9.35. The van der Waals surface area contributed by atoms with Gasteiger partial charge in [-0.3, -0.25) is 0 Å². The Balaban J connectivity index is 1.38. The Morgan fingerprint density at radius 1 is 0.439 bits per heavy atom. The molecule has 0 atom stereocenters. The Morgan fingerprint density at radius 2 is 1.10 bits per heavy atom. The molecule has 5 heterocycles. The Hall–Kier alpha value is -4.32. The van der Waals surface area contributed by atoms with Crippen LogP contribution in [0.25, 0.3) is 55.0 Å². The lowest BCUT2D eigenvalue weighted by Gasteiger charge is -2.37. The maximum Gasteiger partial charge on any atom is 0.252 e. The molecule has 41 heavy (non-hydrogen) atoms. The molecule has 2 aromatic heterocycles. The van der Waals surface area contributed by atoms with E-state index < -0.39 is 0 Å². The summed E-state index contributed by atoms with van der Waals surface area (Å²) in [7, 11) is 0. The van der Waals surface area contributed by atoms with Crippen molar-refractivity contribution in [2.75, 3.05) is 0 Å². The Morgan fingerprint density at radius 3 is 1.93 bits per heavy atom. The van der Waals surface area contributed by atoms with Crippen molar-refractivity contribution in [2.45, 2.75) is 19.6 Å². The van der Waals surface area contributed by atoms with Crippen LogP contribution in [0.1, 0.15) is 0 Å². The standard InChI is InChI=1S/C36H19BN2S2/c1-2-8-20(9-3-1)38-23-11-5-4-10-21(23)31-24(38)17-18-25-32(31)22-16-19-30-35-36(22)39(25)26-12-6-13-27-33(26)37(35)34-28(40-27)14-7-15-29(34)41-30/h1-19H. The fourth-order valence-electron chi connectivity index (χ4n) is 7.90. The summed E-state index contributed by atoms with van der Waals surface area (Å²) in [6, 6.07) is 43.0. The van der Waals surface area contributed by atoms with Crippen molar-refractivity contribution >= 4 is 90.2 Å². The van der Waals surface area contributed by atoms with Crippen molar-refractivity contribution in [3.8, 4) is 11.4 Å². The van der Waals surface area contributed by atoms with E-state index in [1.807, 2.05) is 23.5 Å². The minimum atomic E-state index is 0.284. The number of hydrogen-bond donors (Lipinski definition) is 0. The average Bonchev–Trinajstić information content (AvgIpc) is 3.54. The third-order valence-corrected chi connectivity index (χ3v) is 11.7. The molecular weight excluding hydrogens is 535 g/mol. The van der Waals surface area contributed by atoms with Gasteiger partial charge in [-0.15, -0.1) is 0 Å². The first-order chi connectivity index (χ1) is 20.4. The molecule has 5 heteroatoms. The average molecular weight is 555 g/mol. The molecule has 3 aliphatic heterocycles. The topological polar surface area (TPSA) is 9.86 Å². The number of benzene rings is 6. The Kier molecular flexibility index (Phi) is 3.82. The lowest BCUT2D eigenvalue weighted by molar-refractivity contribution is 1.16. The van der Waals surface area contributed by atoms with E-state index in [1.54, 1.807) is 0 Å². The van der Waals surface area contributed by atoms with Gasteiger partial charge in [0.25, 0.3) is 6.71 Å². The molecular formula is C36H19BN2S2. The molecule has 11 rings (SSSR count). The number of aromatic nitrogens is 2. The van der Waals surface area contributed by atoms with Gasteiger partial charge in [0.1, 0.15) is 0 Å². The summed E-state index contributed by atoms with van der Waals surface area (Å²) < 4.78 is 5.02. The second kappa shape index (κ2) is 7.30. The van der Waals surface area contributed by atoms with Crippen molar-refractivity contribution in [1.82, 2.24) is 9.13 Å². The first-order valence-electron chi connectivity index (χ1n) is 14.1. The molecule has 0 amide bonds. The van der Waals surface area contributed by atoms with Crippen molar-refractivity contribution in [1.29, 1.82) is 0 Å². The second-order valence-corrected chi connectivity index (χ2v) is 13.4. The quantitative estimate of drug-likeness (QED) is 0.193. The first kappa shape index (κ1) is 21.4. The molecule has 0 fully saturated rings. The number of para-hydroxylation sites is 2. The third-order valence-electron chi connectivity index (χ3n) is 9.36. The van der Waals surface area contributed by atoms with E-state index >= 15 is 0 Å². The van der Waals surface area contributed by atoms with Gasteiger partial charge in [0.15, 0.2) is 0 Å². The summed E-state index contributed by atoms with van der Waals surface area (Å²) >= 11 is 3.89. The van der Waals surface area contributed by atoms with E-state index in [0.29, 0.717) is 0 Å². The van der Waals surface area contributed by atoms with Gasteiger partial charge in [-0.25, -0.2) is 0 Å². The third kappa shape index (κ3) is 2.45. The first-order valence-corrected chi connectivity index (χ1v) is 15.7. The molecule has 0 bridgehead atoms. The second-order valence-electron chi connectivity index (χ2n) is 11.2. The van der Waals surface area contributed by atoms with Crippen LogP contribution in [0.15, 0.2) is 135 Å². The molecule has 188 valence electrons. The van der Waals surface area contributed by atoms with Crippen LogP contribution in [-0.2, 0) is 0 Å². The van der Waals surface area contributed by atoms with Crippen molar-refractivity contribution in [2.24, 2.45) is 0 Å². The zero-order chi connectivity index (χ0) is 26.4. The predicted molar refractivity (Wildman–Crippen MR) is 174 cm³/mol. The van der Waals surface area contributed by atoms with Crippen LogP contribution in [0.3, 0.4) is 0 Å². The highest BCUT2D eigenvalue weighted by Gasteiger charge is 2.44. The minimum absolute atomic E-state index is 0.284. The van der Waals surface area contributed by atoms with Gasteiger partial charge >= 0.3 is 0 Å². The Bertz CT molecular complexity index is 2470. The molecule has 6 aromatic carbocycles. The molecule has 0 unspecified atom stereocenters.